The number of rotatable bonds is 7. The zero-order valence-electron chi connectivity index (χ0n) is 18.2. The van der Waals surface area contributed by atoms with E-state index >= 15 is 0 Å². The van der Waals surface area contributed by atoms with Crippen molar-refractivity contribution < 1.29 is 19.2 Å². The normalized spacial score (nSPS) is 20.3. The quantitative estimate of drug-likeness (QED) is 0.591. The molecule has 0 fully saturated rings. The fraction of sp³-hybridized carbons (Fsp3) is 0.417. The molecular formula is C24H27N3O4. The number of carbonyl (C=O) groups is 1. The number of aromatic nitrogens is 3. The first-order valence-corrected chi connectivity index (χ1v) is 10.5. The lowest BCUT2D eigenvalue weighted by Gasteiger charge is -2.25. The Morgan fingerprint density at radius 3 is 2.61 bits per heavy atom. The fourth-order valence-corrected chi connectivity index (χ4v) is 4.33. The summed E-state index contributed by atoms with van der Waals surface area (Å²) in [5.41, 5.74) is 4.40. The van der Waals surface area contributed by atoms with Gasteiger partial charge in [0.05, 0.1) is 35.4 Å². The predicted molar refractivity (Wildman–Crippen MR) is 114 cm³/mol. The maximum absolute atomic E-state index is 11.3. The van der Waals surface area contributed by atoms with Gasteiger partial charge in [-0.25, -0.2) is 0 Å². The van der Waals surface area contributed by atoms with Gasteiger partial charge >= 0.3 is 5.97 Å². The maximum atomic E-state index is 11.3. The second kappa shape index (κ2) is 8.13. The van der Waals surface area contributed by atoms with E-state index in [-0.39, 0.29) is 17.8 Å². The Hall–Kier alpha value is -3.22. The minimum Gasteiger partial charge on any atom is -0.487 e. The van der Waals surface area contributed by atoms with Gasteiger partial charge in [-0.3, -0.25) is 14.8 Å². The van der Waals surface area contributed by atoms with Crippen LogP contribution in [0.1, 0.15) is 74.3 Å². The van der Waals surface area contributed by atoms with Crippen LogP contribution in [0.15, 0.2) is 47.3 Å². The van der Waals surface area contributed by atoms with Gasteiger partial charge in [0.1, 0.15) is 18.6 Å². The highest BCUT2D eigenvalue weighted by Gasteiger charge is 2.44. The maximum Gasteiger partial charge on any atom is 0.304 e. The smallest absolute Gasteiger partial charge is 0.304 e. The number of carboxylic acid groups (broad SMARTS) is 1. The van der Waals surface area contributed by atoms with Gasteiger partial charge in [0.2, 0.25) is 0 Å². The molecule has 0 amide bonds. The molecule has 7 nitrogen and oxygen atoms in total. The van der Waals surface area contributed by atoms with E-state index < -0.39 is 5.97 Å². The predicted octanol–water partition coefficient (Wildman–Crippen LogP) is 4.68. The highest BCUT2D eigenvalue weighted by atomic mass is 16.5. The number of benzene rings is 1. The molecule has 1 aliphatic rings. The number of carboxylic acids is 1. The molecule has 3 aromatic rings. The summed E-state index contributed by atoms with van der Waals surface area (Å²) in [6, 6.07) is 9.07. The molecule has 4 rings (SSSR count). The molecule has 0 aliphatic heterocycles. The molecule has 2 aromatic heterocycles. The molecule has 2 unspecified atom stereocenters. The van der Waals surface area contributed by atoms with Crippen molar-refractivity contribution in [3.8, 4) is 5.75 Å². The molecule has 1 aliphatic carbocycles. The average molecular weight is 421 g/mol. The molecule has 0 spiro atoms. The molecule has 0 saturated carbocycles. The third-order valence-electron chi connectivity index (χ3n) is 6.64. The first-order chi connectivity index (χ1) is 14.8. The summed E-state index contributed by atoms with van der Waals surface area (Å²) >= 11 is 0. The lowest BCUT2D eigenvalue weighted by molar-refractivity contribution is -0.137. The van der Waals surface area contributed by atoms with Gasteiger partial charge in [-0.2, -0.15) is 0 Å². The number of hydrogen-bond acceptors (Lipinski definition) is 6. The van der Waals surface area contributed by atoms with E-state index in [9.17, 15) is 9.90 Å². The minimum absolute atomic E-state index is 0.0211. The summed E-state index contributed by atoms with van der Waals surface area (Å²) < 4.78 is 10.8. The van der Waals surface area contributed by atoms with Crippen molar-refractivity contribution in [2.45, 2.75) is 58.0 Å². The van der Waals surface area contributed by atoms with Gasteiger partial charge in [0.25, 0.3) is 0 Å². The molecule has 31 heavy (non-hydrogen) atoms. The van der Waals surface area contributed by atoms with Crippen LogP contribution in [0.3, 0.4) is 0 Å². The van der Waals surface area contributed by atoms with E-state index in [0.29, 0.717) is 29.9 Å². The number of aliphatic carboxylic acids is 1. The summed E-state index contributed by atoms with van der Waals surface area (Å²) in [5, 5.41) is 13.2. The Bertz CT molecular complexity index is 1060. The van der Waals surface area contributed by atoms with Crippen LogP contribution in [0.2, 0.25) is 0 Å². The van der Waals surface area contributed by atoms with Gasteiger partial charge < -0.3 is 14.4 Å². The van der Waals surface area contributed by atoms with Crippen molar-refractivity contribution >= 4 is 5.97 Å². The lowest BCUT2D eigenvalue weighted by atomic mass is 9.79. The molecule has 3 atom stereocenters. The molecular weight excluding hydrogens is 394 g/mol. The monoisotopic (exact) mass is 421 g/mol. The second-order valence-corrected chi connectivity index (χ2v) is 8.83. The highest BCUT2D eigenvalue weighted by molar-refractivity contribution is 5.68. The van der Waals surface area contributed by atoms with E-state index in [1.165, 1.54) is 6.26 Å². The topological polar surface area (TPSA) is 98.3 Å². The zero-order chi connectivity index (χ0) is 22.2. The lowest BCUT2D eigenvalue weighted by Crippen LogP contribution is -2.23. The minimum atomic E-state index is -0.893. The average Bonchev–Trinajstić information content (AvgIpc) is 3.34. The third kappa shape index (κ3) is 4.04. The standard InChI is InChI=1S/C24H27N3O4/c1-14-15(2)24(3,4)23-22(14)26-17(12-25-23)13-30-18-7-5-16(6-8-18)19(11-21(28)29)20-9-10-31-27-20/h5-10,12,14-15,19H,11,13H2,1-4H3,(H,28,29)/t14?,15?,19-/m0/s1. The van der Waals surface area contributed by atoms with E-state index in [2.05, 4.69) is 32.9 Å². The van der Waals surface area contributed by atoms with Crippen LogP contribution in [0, 0.1) is 5.92 Å². The van der Waals surface area contributed by atoms with Crippen molar-refractivity contribution in [1.82, 2.24) is 15.1 Å². The Balaban J connectivity index is 1.46. The van der Waals surface area contributed by atoms with E-state index in [4.69, 9.17) is 19.2 Å². The van der Waals surface area contributed by atoms with Crippen LogP contribution in [0.5, 0.6) is 5.75 Å². The highest BCUT2D eigenvalue weighted by Crippen LogP contribution is 2.48. The van der Waals surface area contributed by atoms with Crippen LogP contribution in [-0.2, 0) is 16.8 Å². The van der Waals surface area contributed by atoms with E-state index in [1.54, 1.807) is 12.3 Å². The molecule has 1 aromatic carbocycles. The summed E-state index contributed by atoms with van der Waals surface area (Å²) in [4.78, 5) is 20.8. The summed E-state index contributed by atoms with van der Waals surface area (Å²) in [5.74, 6) is 0.256. The van der Waals surface area contributed by atoms with Crippen LogP contribution in [0.4, 0.5) is 0 Å². The molecule has 2 heterocycles. The molecule has 1 N–H and O–H groups in total. The Morgan fingerprint density at radius 1 is 1.23 bits per heavy atom. The number of hydrogen-bond donors (Lipinski definition) is 1. The first-order valence-electron chi connectivity index (χ1n) is 10.5. The Kier molecular flexibility index (Phi) is 5.52. The number of fused-ring (bicyclic) bond motifs is 1. The van der Waals surface area contributed by atoms with Gasteiger partial charge in [-0.15, -0.1) is 0 Å². The van der Waals surface area contributed by atoms with Gasteiger partial charge in [-0.1, -0.05) is 45.0 Å². The third-order valence-corrected chi connectivity index (χ3v) is 6.64. The zero-order valence-corrected chi connectivity index (χ0v) is 18.2. The van der Waals surface area contributed by atoms with Crippen molar-refractivity contribution in [2.75, 3.05) is 0 Å². The van der Waals surface area contributed by atoms with Crippen molar-refractivity contribution in [3.05, 3.63) is 71.1 Å². The SMILES string of the molecule is CC1c2nc(COc3ccc([C@H](CC(=O)O)c4ccon4)cc3)cnc2C(C)(C)C1C. The second-order valence-electron chi connectivity index (χ2n) is 8.83. The summed E-state index contributed by atoms with van der Waals surface area (Å²) in [6.45, 7) is 9.23. The molecule has 0 bridgehead atoms. The molecule has 0 radical (unpaired) electrons. The first kappa shape index (κ1) is 21.0. The Morgan fingerprint density at radius 2 is 1.97 bits per heavy atom. The Labute approximate surface area is 181 Å². The van der Waals surface area contributed by atoms with Crippen molar-refractivity contribution in [2.24, 2.45) is 5.92 Å². The molecule has 162 valence electrons. The van der Waals surface area contributed by atoms with Crippen molar-refractivity contribution in [3.63, 3.8) is 0 Å². The summed E-state index contributed by atoms with van der Waals surface area (Å²) in [7, 11) is 0. The van der Waals surface area contributed by atoms with E-state index in [1.807, 2.05) is 24.3 Å². The van der Waals surface area contributed by atoms with Crippen LogP contribution in [0.25, 0.3) is 0 Å². The van der Waals surface area contributed by atoms with Gasteiger partial charge in [0.15, 0.2) is 0 Å². The number of nitrogens with zero attached hydrogens (tertiary/aromatic N) is 3. The van der Waals surface area contributed by atoms with Crippen LogP contribution >= 0.6 is 0 Å². The molecule has 0 saturated heterocycles. The largest absolute Gasteiger partial charge is 0.487 e. The molecule has 7 heteroatoms. The van der Waals surface area contributed by atoms with E-state index in [0.717, 1.165) is 22.6 Å². The van der Waals surface area contributed by atoms with Crippen LogP contribution in [-0.4, -0.2) is 26.2 Å². The summed E-state index contributed by atoms with van der Waals surface area (Å²) in [6.07, 6.45) is 3.18. The van der Waals surface area contributed by atoms with Gasteiger partial charge in [-0.05, 0) is 23.6 Å². The number of ether oxygens (including phenoxy) is 1. The van der Waals surface area contributed by atoms with Gasteiger partial charge in [0, 0.05) is 23.3 Å². The fourth-order valence-electron chi connectivity index (χ4n) is 4.33. The van der Waals surface area contributed by atoms with Crippen molar-refractivity contribution in [1.29, 1.82) is 0 Å². The van der Waals surface area contributed by atoms with Crippen LogP contribution < -0.4 is 4.74 Å².